The van der Waals surface area contributed by atoms with E-state index in [1.54, 1.807) is 18.3 Å². The Hall–Kier alpha value is -2.40. The second-order valence-electron chi connectivity index (χ2n) is 4.51. The number of methoxy groups -OCH3 is 1. The Morgan fingerprint density at radius 2 is 2.05 bits per heavy atom. The van der Waals surface area contributed by atoms with Crippen LogP contribution in [0.5, 0.6) is 5.88 Å². The van der Waals surface area contributed by atoms with Gasteiger partial charge < -0.3 is 15.2 Å². The Kier molecular flexibility index (Phi) is 5.29. The van der Waals surface area contributed by atoms with Gasteiger partial charge in [0.2, 0.25) is 5.88 Å². The molecular weight excluding hydrogens is 268 g/mol. The van der Waals surface area contributed by atoms with Gasteiger partial charge in [-0.25, -0.2) is 4.98 Å². The van der Waals surface area contributed by atoms with E-state index in [1.165, 1.54) is 7.11 Å². The first-order chi connectivity index (χ1) is 10.3. The molecular formula is C16H18N2O3. The van der Waals surface area contributed by atoms with Crippen molar-refractivity contribution in [2.75, 3.05) is 13.7 Å². The lowest BCUT2D eigenvalue weighted by molar-refractivity contribution is 0.0926. The number of aliphatic hydroxyl groups is 1. The second-order valence-corrected chi connectivity index (χ2v) is 4.51. The molecule has 0 bridgehead atoms. The zero-order chi connectivity index (χ0) is 15.1. The van der Waals surface area contributed by atoms with E-state index in [4.69, 9.17) is 4.74 Å². The number of carbonyl (C=O) groups excluding carboxylic acids is 1. The molecule has 2 aromatic rings. The Morgan fingerprint density at radius 3 is 2.71 bits per heavy atom. The Bertz CT molecular complexity index is 587. The summed E-state index contributed by atoms with van der Waals surface area (Å²) in [6.45, 7) is -0.00991. The number of benzene rings is 1. The van der Waals surface area contributed by atoms with E-state index in [0.717, 1.165) is 5.56 Å². The number of ether oxygens (including phenoxy) is 1. The average molecular weight is 286 g/mol. The number of carbonyl (C=O) groups is 1. The molecule has 1 aromatic heterocycles. The first kappa shape index (κ1) is 15.0. The van der Waals surface area contributed by atoms with E-state index >= 15 is 0 Å². The number of amides is 1. The summed E-state index contributed by atoms with van der Waals surface area (Å²) in [5, 5.41) is 12.1. The van der Waals surface area contributed by atoms with Crippen LogP contribution in [0.15, 0.2) is 48.7 Å². The highest BCUT2D eigenvalue weighted by atomic mass is 16.5. The maximum Gasteiger partial charge on any atom is 0.257 e. The van der Waals surface area contributed by atoms with E-state index < -0.39 is 0 Å². The lowest BCUT2D eigenvalue weighted by atomic mass is 10.0. The summed E-state index contributed by atoms with van der Waals surface area (Å²) in [6.07, 6.45) is 2.01. The molecule has 0 spiro atoms. The molecule has 1 heterocycles. The van der Waals surface area contributed by atoms with Gasteiger partial charge in [0, 0.05) is 12.8 Å². The minimum Gasteiger partial charge on any atom is -0.480 e. The zero-order valence-electron chi connectivity index (χ0n) is 11.8. The Morgan fingerprint density at radius 1 is 1.29 bits per heavy atom. The molecule has 110 valence electrons. The van der Waals surface area contributed by atoms with E-state index in [1.807, 2.05) is 30.3 Å². The topological polar surface area (TPSA) is 71.5 Å². The van der Waals surface area contributed by atoms with Crippen LogP contribution in [-0.2, 0) is 0 Å². The monoisotopic (exact) mass is 286 g/mol. The predicted octanol–water partition coefficient (Wildman–Crippen LogP) is 1.94. The molecule has 0 radical (unpaired) electrons. The van der Waals surface area contributed by atoms with Gasteiger partial charge in [-0.1, -0.05) is 30.3 Å². The quantitative estimate of drug-likeness (QED) is 0.851. The summed E-state index contributed by atoms with van der Waals surface area (Å²) in [6, 6.07) is 12.6. The van der Waals surface area contributed by atoms with E-state index in [9.17, 15) is 9.90 Å². The summed E-state index contributed by atoms with van der Waals surface area (Å²) in [7, 11) is 1.47. The fraction of sp³-hybridized carbons (Fsp3) is 0.250. The van der Waals surface area contributed by atoms with Crippen LogP contribution in [0.3, 0.4) is 0 Å². The van der Waals surface area contributed by atoms with Crippen molar-refractivity contribution >= 4 is 5.91 Å². The molecule has 0 fully saturated rings. The number of pyridine rings is 1. The normalized spacial score (nSPS) is 11.7. The average Bonchev–Trinajstić information content (AvgIpc) is 2.55. The zero-order valence-corrected chi connectivity index (χ0v) is 11.8. The largest absolute Gasteiger partial charge is 0.480 e. The van der Waals surface area contributed by atoms with Gasteiger partial charge in [0.1, 0.15) is 5.56 Å². The van der Waals surface area contributed by atoms with Crippen LogP contribution in [0.1, 0.15) is 28.4 Å². The predicted molar refractivity (Wildman–Crippen MR) is 79.1 cm³/mol. The van der Waals surface area contributed by atoms with Crippen molar-refractivity contribution in [2.45, 2.75) is 12.5 Å². The summed E-state index contributed by atoms with van der Waals surface area (Å²) in [5.41, 5.74) is 1.32. The number of aromatic nitrogens is 1. The highest BCUT2D eigenvalue weighted by Gasteiger charge is 2.18. The van der Waals surface area contributed by atoms with Crippen LogP contribution in [-0.4, -0.2) is 29.7 Å². The SMILES string of the molecule is COc1ncccc1C(=O)NC(CCO)c1ccccc1. The number of rotatable bonds is 6. The summed E-state index contributed by atoms with van der Waals surface area (Å²) >= 11 is 0. The maximum atomic E-state index is 12.4. The number of nitrogens with zero attached hydrogens (tertiary/aromatic N) is 1. The minimum absolute atomic E-state index is 0.00991. The molecule has 1 unspecified atom stereocenters. The van der Waals surface area contributed by atoms with Crippen LogP contribution in [0.25, 0.3) is 0 Å². The van der Waals surface area contributed by atoms with E-state index in [-0.39, 0.29) is 24.4 Å². The van der Waals surface area contributed by atoms with Crippen LogP contribution >= 0.6 is 0 Å². The molecule has 2 N–H and O–H groups in total. The number of nitrogens with one attached hydrogen (secondary N) is 1. The van der Waals surface area contributed by atoms with E-state index in [0.29, 0.717) is 12.0 Å². The van der Waals surface area contributed by atoms with Crippen molar-refractivity contribution in [3.8, 4) is 5.88 Å². The molecule has 5 heteroatoms. The van der Waals surface area contributed by atoms with Crippen LogP contribution in [0.4, 0.5) is 0 Å². The van der Waals surface area contributed by atoms with Gasteiger partial charge in [0.05, 0.1) is 13.2 Å². The van der Waals surface area contributed by atoms with Gasteiger partial charge in [0.15, 0.2) is 0 Å². The molecule has 1 atom stereocenters. The summed E-state index contributed by atoms with van der Waals surface area (Å²) < 4.78 is 5.09. The molecule has 0 aliphatic rings. The molecule has 21 heavy (non-hydrogen) atoms. The smallest absolute Gasteiger partial charge is 0.257 e. The molecule has 0 saturated heterocycles. The van der Waals surface area contributed by atoms with Gasteiger partial charge in [-0.2, -0.15) is 0 Å². The molecule has 1 aromatic carbocycles. The van der Waals surface area contributed by atoms with Crippen molar-refractivity contribution in [2.24, 2.45) is 0 Å². The fourth-order valence-corrected chi connectivity index (χ4v) is 2.10. The molecule has 0 saturated carbocycles. The Balaban J connectivity index is 2.19. The third-order valence-electron chi connectivity index (χ3n) is 3.13. The van der Waals surface area contributed by atoms with Gasteiger partial charge in [-0.15, -0.1) is 0 Å². The van der Waals surface area contributed by atoms with Gasteiger partial charge in [0.25, 0.3) is 5.91 Å². The van der Waals surface area contributed by atoms with Crippen molar-refractivity contribution in [3.63, 3.8) is 0 Å². The number of hydrogen-bond acceptors (Lipinski definition) is 4. The van der Waals surface area contributed by atoms with Crippen molar-refractivity contribution < 1.29 is 14.6 Å². The molecule has 2 rings (SSSR count). The third kappa shape index (κ3) is 3.79. The summed E-state index contributed by atoms with van der Waals surface area (Å²) in [5.74, 6) is 0.00747. The van der Waals surface area contributed by atoms with Gasteiger partial charge in [-0.05, 0) is 24.1 Å². The first-order valence-electron chi connectivity index (χ1n) is 6.72. The van der Waals surface area contributed by atoms with Gasteiger partial charge in [-0.3, -0.25) is 4.79 Å². The van der Waals surface area contributed by atoms with E-state index in [2.05, 4.69) is 10.3 Å². The maximum absolute atomic E-state index is 12.4. The summed E-state index contributed by atoms with van der Waals surface area (Å²) in [4.78, 5) is 16.4. The Labute approximate surface area is 123 Å². The molecule has 1 amide bonds. The molecule has 0 aliphatic heterocycles. The van der Waals surface area contributed by atoms with Crippen molar-refractivity contribution in [3.05, 3.63) is 59.8 Å². The lowest BCUT2D eigenvalue weighted by Crippen LogP contribution is -2.29. The fourth-order valence-electron chi connectivity index (χ4n) is 2.10. The second kappa shape index (κ2) is 7.40. The highest BCUT2D eigenvalue weighted by Crippen LogP contribution is 2.19. The standard InChI is InChI=1S/C16H18N2O3/c1-21-16-13(8-5-10-17-16)15(20)18-14(9-11-19)12-6-3-2-4-7-12/h2-8,10,14,19H,9,11H2,1H3,(H,18,20). The minimum atomic E-state index is -0.276. The first-order valence-corrected chi connectivity index (χ1v) is 6.72. The highest BCUT2D eigenvalue weighted by molar-refractivity contribution is 5.96. The third-order valence-corrected chi connectivity index (χ3v) is 3.13. The number of aliphatic hydroxyl groups excluding tert-OH is 1. The number of hydrogen-bond donors (Lipinski definition) is 2. The van der Waals surface area contributed by atoms with Crippen LogP contribution in [0.2, 0.25) is 0 Å². The van der Waals surface area contributed by atoms with Crippen LogP contribution < -0.4 is 10.1 Å². The van der Waals surface area contributed by atoms with Crippen LogP contribution in [0, 0.1) is 0 Å². The lowest BCUT2D eigenvalue weighted by Gasteiger charge is -2.18. The van der Waals surface area contributed by atoms with Gasteiger partial charge >= 0.3 is 0 Å². The van der Waals surface area contributed by atoms with Crippen molar-refractivity contribution in [1.82, 2.24) is 10.3 Å². The molecule has 0 aliphatic carbocycles. The molecule has 5 nitrogen and oxygen atoms in total. The van der Waals surface area contributed by atoms with Crippen molar-refractivity contribution in [1.29, 1.82) is 0 Å².